The molecule has 0 aromatic heterocycles. The standard InChI is InChI=1S/C15H24N2O2/c1-12(2)11-19-8-7-16-10-15(18)17-14-6-4-5-13(3)9-14/h4-6,9,12,16H,7-8,10-11H2,1-3H3,(H,17,18). The number of rotatable bonds is 8. The van der Waals surface area contributed by atoms with Crippen LogP contribution in [0.25, 0.3) is 0 Å². The van der Waals surface area contributed by atoms with Crippen LogP contribution in [-0.2, 0) is 9.53 Å². The Labute approximate surface area is 115 Å². The quantitative estimate of drug-likeness (QED) is 0.708. The Balaban J connectivity index is 2.11. The zero-order valence-electron chi connectivity index (χ0n) is 12.0. The van der Waals surface area contributed by atoms with Crippen molar-refractivity contribution in [2.24, 2.45) is 5.92 Å². The van der Waals surface area contributed by atoms with Crippen LogP contribution in [0.15, 0.2) is 24.3 Å². The number of nitrogens with one attached hydrogen (secondary N) is 2. The van der Waals surface area contributed by atoms with Crippen molar-refractivity contribution in [1.82, 2.24) is 5.32 Å². The number of aryl methyl sites for hydroxylation is 1. The molecule has 1 aromatic rings. The summed E-state index contributed by atoms with van der Waals surface area (Å²) in [6.07, 6.45) is 0. The molecule has 19 heavy (non-hydrogen) atoms. The van der Waals surface area contributed by atoms with E-state index in [0.29, 0.717) is 25.6 Å². The van der Waals surface area contributed by atoms with Crippen LogP contribution in [0.3, 0.4) is 0 Å². The molecule has 0 saturated carbocycles. The van der Waals surface area contributed by atoms with E-state index in [-0.39, 0.29) is 5.91 Å². The summed E-state index contributed by atoms with van der Waals surface area (Å²) in [5.74, 6) is 0.513. The molecule has 4 heteroatoms. The highest BCUT2D eigenvalue weighted by atomic mass is 16.5. The van der Waals surface area contributed by atoms with E-state index in [9.17, 15) is 4.79 Å². The first kappa shape index (κ1) is 15.7. The molecular formula is C15H24N2O2. The van der Waals surface area contributed by atoms with Crippen LogP contribution < -0.4 is 10.6 Å². The van der Waals surface area contributed by atoms with Gasteiger partial charge in [-0.05, 0) is 30.5 Å². The summed E-state index contributed by atoms with van der Waals surface area (Å²) in [5.41, 5.74) is 1.97. The number of benzene rings is 1. The lowest BCUT2D eigenvalue weighted by atomic mass is 10.2. The largest absolute Gasteiger partial charge is 0.380 e. The van der Waals surface area contributed by atoms with Gasteiger partial charge in [-0.25, -0.2) is 0 Å². The van der Waals surface area contributed by atoms with Crippen molar-refractivity contribution in [3.8, 4) is 0 Å². The molecule has 0 heterocycles. The van der Waals surface area contributed by atoms with Gasteiger partial charge in [0.05, 0.1) is 13.2 Å². The van der Waals surface area contributed by atoms with Crippen LogP contribution in [0.1, 0.15) is 19.4 Å². The van der Waals surface area contributed by atoms with Crippen molar-refractivity contribution >= 4 is 11.6 Å². The Hall–Kier alpha value is -1.39. The number of ether oxygens (including phenoxy) is 1. The summed E-state index contributed by atoms with van der Waals surface area (Å²) < 4.78 is 5.42. The van der Waals surface area contributed by atoms with Gasteiger partial charge in [0.15, 0.2) is 0 Å². The Morgan fingerprint density at radius 2 is 2.16 bits per heavy atom. The molecule has 0 radical (unpaired) electrons. The fourth-order valence-corrected chi connectivity index (χ4v) is 1.59. The first-order chi connectivity index (χ1) is 9.08. The fourth-order valence-electron chi connectivity index (χ4n) is 1.59. The van der Waals surface area contributed by atoms with Gasteiger partial charge in [-0.3, -0.25) is 4.79 Å². The molecule has 0 atom stereocenters. The van der Waals surface area contributed by atoms with Gasteiger partial charge in [-0.15, -0.1) is 0 Å². The average molecular weight is 264 g/mol. The van der Waals surface area contributed by atoms with Gasteiger partial charge < -0.3 is 15.4 Å². The van der Waals surface area contributed by atoms with Crippen LogP contribution in [-0.4, -0.2) is 32.2 Å². The molecule has 1 amide bonds. The van der Waals surface area contributed by atoms with Crippen LogP contribution in [0.5, 0.6) is 0 Å². The van der Waals surface area contributed by atoms with Crippen LogP contribution in [0, 0.1) is 12.8 Å². The molecule has 0 saturated heterocycles. The van der Waals surface area contributed by atoms with E-state index in [4.69, 9.17) is 4.74 Å². The van der Waals surface area contributed by atoms with Crippen molar-refractivity contribution in [1.29, 1.82) is 0 Å². The highest BCUT2D eigenvalue weighted by molar-refractivity contribution is 5.92. The summed E-state index contributed by atoms with van der Waals surface area (Å²) in [7, 11) is 0. The Bertz CT molecular complexity index is 391. The Kier molecular flexibility index (Phi) is 7.15. The lowest BCUT2D eigenvalue weighted by Gasteiger charge is -2.09. The van der Waals surface area contributed by atoms with Crippen molar-refractivity contribution in [2.75, 3.05) is 31.6 Å². The third-order valence-corrected chi connectivity index (χ3v) is 2.46. The third kappa shape index (κ3) is 7.59. The third-order valence-electron chi connectivity index (χ3n) is 2.46. The second kappa shape index (κ2) is 8.67. The lowest BCUT2D eigenvalue weighted by molar-refractivity contribution is -0.115. The highest BCUT2D eigenvalue weighted by Crippen LogP contribution is 2.08. The molecule has 106 valence electrons. The SMILES string of the molecule is Cc1cccc(NC(=O)CNCCOCC(C)C)c1. The maximum absolute atomic E-state index is 11.7. The first-order valence-corrected chi connectivity index (χ1v) is 6.73. The summed E-state index contributed by atoms with van der Waals surface area (Å²) in [6, 6.07) is 7.76. The molecule has 0 bridgehead atoms. The number of hydrogen-bond acceptors (Lipinski definition) is 3. The smallest absolute Gasteiger partial charge is 0.238 e. The minimum absolute atomic E-state index is 0.0329. The number of hydrogen-bond donors (Lipinski definition) is 2. The predicted molar refractivity (Wildman–Crippen MR) is 78.3 cm³/mol. The van der Waals surface area contributed by atoms with Gasteiger partial charge >= 0.3 is 0 Å². The normalized spacial score (nSPS) is 10.7. The maximum atomic E-state index is 11.7. The minimum Gasteiger partial charge on any atom is -0.380 e. The second-order valence-corrected chi connectivity index (χ2v) is 5.06. The van der Waals surface area contributed by atoms with Gasteiger partial charge in [0.2, 0.25) is 5.91 Å². The maximum Gasteiger partial charge on any atom is 0.238 e. The summed E-state index contributed by atoms with van der Waals surface area (Å²) in [4.78, 5) is 11.7. The fraction of sp³-hybridized carbons (Fsp3) is 0.533. The van der Waals surface area contributed by atoms with Crippen molar-refractivity contribution in [3.63, 3.8) is 0 Å². The van der Waals surface area contributed by atoms with Crippen molar-refractivity contribution < 1.29 is 9.53 Å². The van der Waals surface area contributed by atoms with Gasteiger partial charge in [-0.1, -0.05) is 26.0 Å². The van der Waals surface area contributed by atoms with Crippen LogP contribution in [0.2, 0.25) is 0 Å². The van der Waals surface area contributed by atoms with Gasteiger partial charge in [0.1, 0.15) is 0 Å². The number of carbonyl (C=O) groups is 1. The highest BCUT2D eigenvalue weighted by Gasteiger charge is 2.01. The van der Waals surface area contributed by atoms with Crippen LogP contribution >= 0.6 is 0 Å². The molecule has 1 rings (SSSR count). The Morgan fingerprint density at radius 1 is 1.37 bits per heavy atom. The van der Waals surface area contributed by atoms with Crippen LogP contribution in [0.4, 0.5) is 5.69 Å². The molecule has 2 N–H and O–H groups in total. The molecular weight excluding hydrogens is 240 g/mol. The van der Waals surface area contributed by atoms with Gasteiger partial charge in [-0.2, -0.15) is 0 Å². The van der Waals surface area contributed by atoms with E-state index in [1.165, 1.54) is 0 Å². The number of carbonyl (C=O) groups excluding carboxylic acids is 1. The summed E-state index contributed by atoms with van der Waals surface area (Å²) in [5, 5.41) is 5.91. The first-order valence-electron chi connectivity index (χ1n) is 6.73. The molecule has 0 unspecified atom stereocenters. The molecule has 0 aliphatic heterocycles. The van der Waals surface area contributed by atoms with E-state index >= 15 is 0 Å². The van der Waals surface area contributed by atoms with Gasteiger partial charge in [0.25, 0.3) is 0 Å². The topological polar surface area (TPSA) is 50.4 Å². The van der Waals surface area contributed by atoms with E-state index in [1.807, 2.05) is 31.2 Å². The van der Waals surface area contributed by atoms with E-state index in [0.717, 1.165) is 17.9 Å². The van der Waals surface area contributed by atoms with Gasteiger partial charge in [0, 0.05) is 18.8 Å². The van der Waals surface area contributed by atoms with Crippen molar-refractivity contribution in [2.45, 2.75) is 20.8 Å². The molecule has 0 spiro atoms. The number of anilines is 1. The average Bonchev–Trinajstić information content (AvgIpc) is 2.33. The molecule has 0 aliphatic carbocycles. The van der Waals surface area contributed by atoms with E-state index in [1.54, 1.807) is 0 Å². The lowest BCUT2D eigenvalue weighted by Crippen LogP contribution is -2.30. The minimum atomic E-state index is -0.0329. The predicted octanol–water partition coefficient (Wildman–Crippen LogP) is 2.20. The molecule has 1 aromatic carbocycles. The summed E-state index contributed by atoms with van der Waals surface area (Å²) in [6.45, 7) is 8.62. The van der Waals surface area contributed by atoms with E-state index < -0.39 is 0 Å². The monoisotopic (exact) mass is 264 g/mol. The van der Waals surface area contributed by atoms with Crippen molar-refractivity contribution in [3.05, 3.63) is 29.8 Å². The zero-order valence-corrected chi connectivity index (χ0v) is 12.0. The number of amides is 1. The molecule has 0 aliphatic rings. The Morgan fingerprint density at radius 3 is 2.84 bits per heavy atom. The molecule has 0 fully saturated rings. The zero-order chi connectivity index (χ0) is 14.1. The second-order valence-electron chi connectivity index (χ2n) is 5.06. The summed E-state index contributed by atoms with van der Waals surface area (Å²) >= 11 is 0. The molecule has 4 nitrogen and oxygen atoms in total. The van der Waals surface area contributed by atoms with E-state index in [2.05, 4.69) is 24.5 Å².